The second-order valence-corrected chi connectivity index (χ2v) is 4.89. The molecule has 1 N–H and O–H groups in total. The number of aromatic nitrogens is 1. The van der Waals surface area contributed by atoms with E-state index < -0.39 is 0 Å². The maximum Gasteiger partial charge on any atom is 0.254 e. The summed E-state index contributed by atoms with van der Waals surface area (Å²) in [5.74, 6) is -0.292. The molecule has 0 radical (unpaired) electrons. The molecule has 98 valence electrons. The third-order valence-electron chi connectivity index (χ3n) is 2.74. The molecular weight excluding hydrogens is 283 g/mol. The highest BCUT2D eigenvalue weighted by atomic mass is 35.5. The summed E-state index contributed by atoms with van der Waals surface area (Å²) in [5, 5.41) is 3.54. The van der Waals surface area contributed by atoms with Gasteiger partial charge in [-0.3, -0.25) is 9.78 Å². The fraction of sp³-hybridized carbons (Fsp3) is 0.143. The van der Waals surface area contributed by atoms with Crippen molar-refractivity contribution >= 4 is 29.1 Å². The number of nitrogens with one attached hydrogen (secondary N) is 1. The van der Waals surface area contributed by atoms with Crippen LogP contribution in [0, 0.1) is 0 Å². The van der Waals surface area contributed by atoms with Crippen LogP contribution in [0.5, 0.6) is 0 Å². The molecular formula is C14H12Cl2N2O. The Labute approximate surface area is 121 Å². The van der Waals surface area contributed by atoms with Crippen LogP contribution in [0.25, 0.3) is 0 Å². The van der Waals surface area contributed by atoms with Crippen LogP contribution in [0.2, 0.25) is 10.0 Å². The number of pyridine rings is 1. The number of carbonyl (C=O) groups is 1. The van der Waals surface area contributed by atoms with Crippen molar-refractivity contribution in [1.82, 2.24) is 10.3 Å². The average Bonchev–Trinajstić information content (AvgIpc) is 2.39. The first-order chi connectivity index (χ1) is 9.09. The predicted molar refractivity (Wildman–Crippen MR) is 76.6 cm³/mol. The maximum atomic E-state index is 12.2. The Kier molecular flexibility index (Phi) is 4.40. The van der Waals surface area contributed by atoms with Gasteiger partial charge in [0.05, 0.1) is 21.7 Å². The number of hydrogen-bond donors (Lipinski definition) is 1. The minimum absolute atomic E-state index is 0.150. The first-order valence-electron chi connectivity index (χ1n) is 5.74. The van der Waals surface area contributed by atoms with Crippen molar-refractivity contribution < 1.29 is 4.79 Å². The second kappa shape index (κ2) is 6.04. The molecule has 0 saturated carbocycles. The Bertz CT molecular complexity index is 567. The van der Waals surface area contributed by atoms with Gasteiger partial charge in [0.1, 0.15) is 0 Å². The second-order valence-electron chi connectivity index (χ2n) is 4.07. The van der Waals surface area contributed by atoms with Crippen molar-refractivity contribution in [2.24, 2.45) is 0 Å². The lowest BCUT2D eigenvalue weighted by Crippen LogP contribution is -2.27. The topological polar surface area (TPSA) is 42.0 Å². The highest BCUT2D eigenvalue weighted by molar-refractivity contribution is 6.39. The predicted octanol–water partition coefficient (Wildman–Crippen LogP) is 3.88. The number of benzene rings is 1. The molecule has 2 aromatic rings. The van der Waals surface area contributed by atoms with Gasteiger partial charge in [-0.25, -0.2) is 0 Å². The minimum atomic E-state index is -0.292. The normalized spacial score (nSPS) is 11.9. The van der Waals surface area contributed by atoms with Crippen molar-refractivity contribution in [3.05, 3.63) is 63.9 Å². The molecule has 1 amide bonds. The van der Waals surface area contributed by atoms with Gasteiger partial charge in [-0.1, -0.05) is 29.3 Å². The van der Waals surface area contributed by atoms with Crippen molar-refractivity contribution in [2.75, 3.05) is 0 Å². The molecule has 5 heteroatoms. The van der Waals surface area contributed by atoms with Crippen LogP contribution in [0.1, 0.15) is 28.9 Å². The Morgan fingerprint density at radius 3 is 2.32 bits per heavy atom. The summed E-state index contributed by atoms with van der Waals surface area (Å²) in [6.07, 6.45) is 3.36. The monoisotopic (exact) mass is 294 g/mol. The highest BCUT2D eigenvalue weighted by Gasteiger charge is 2.17. The van der Waals surface area contributed by atoms with E-state index in [1.54, 1.807) is 30.6 Å². The van der Waals surface area contributed by atoms with E-state index in [2.05, 4.69) is 10.3 Å². The molecule has 0 spiro atoms. The molecule has 0 aliphatic rings. The van der Waals surface area contributed by atoms with E-state index in [0.717, 1.165) is 5.56 Å². The molecule has 0 bridgehead atoms. The number of rotatable bonds is 3. The smallest absolute Gasteiger partial charge is 0.254 e. The van der Waals surface area contributed by atoms with Gasteiger partial charge in [-0.2, -0.15) is 0 Å². The lowest BCUT2D eigenvalue weighted by atomic mass is 10.1. The van der Waals surface area contributed by atoms with Crippen molar-refractivity contribution in [3.8, 4) is 0 Å². The first-order valence-corrected chi connectivity index (χ1v) is 6.50. The van der Waals surface area contributed by atoms with Gasteiger partial charge in [-0.15, -0.1) is 0 Å². The number of amides is 1. The van der Waals surface area contributed by atoms with Gasteiger partial charge in [0.2, 0.25) is 0 Å². The first kappa shape index (κ1) is 13.8. The van der Waals surface area contributed by atoms with E-state index in [0.29, 0.717) is 15.6 Å². The summed E-state index contributed by atoms with van der Waals surface area (Å²) < 4.78 is 0. The van der Waals surface area contributed by atoms with Gasteiger partial charge >= 0.3 is 0 Å². The fourth-order valence-electron chi connectivity index (χ4n) is 1.72. The van der Waals surface area contributed by atoms with Gasteiger partial charge < -0.3 is 5.32 Å². The van der Waals surface area contributed by atoms with E-state index in [1.807, 2.05) is 19.1 Å². The molecule has 0 aliphatic heterocycles. The molecule has 3 nitrogen and oxygen atoms in total. The summed E-state index contributed by atoms with van der Waals surface area (Å²) >= 11 is 12.0. The molecule has 1 atom stereocenters. The quantitative estimate of drug-likeness (QED) is 0.933. The summed E-state index contributed by atoms with van der Waals surface area (Å²) in [7, 11) is 0. The summed E-state index contributed by atoms with van der Waals surface area (Å²) in [6, 6.07) is 8.52. The lowest BCUT2D eigenvalue weighted by Gasteiger charge is -2.15. The molecule has 2 rings (SSSR count). The minimum Gasteiger partial charge on any atom is -0.345 e. The Balaban J connectivity index is 2.18. The van der Waals surface area contributed by atoms with Crippen LogP contribution in [-0.4, -0.2) is 10.9 Å². The van der Waals surface area contributed by atoms with Crippen LogP contribution < -0.4 is 5.32 Å². The van der Waals surface area contributed by atoms with Crippen LogP contribution in [0.3, 0.4) is 0 Å². The largest absolute Gasteiger partial charge is 0.345 e. The molecule has 1 aromatic carbocycles. The average molecular weight is 295 g/mol. The zero-order chi connectivity index (χ0) is 13.8. The molecule has 0 aliphatic carbocycles. The SMILES string of the molecule is CC(NC(=O)c1c(Cl)cccc1Cl)c1ccncc1. The van der Waals surface area contributed by atoms with Crippen LogP contribution in [0.15, 0.2) is 42.7 Å². The van der Waals surface area contributed by atoms with E-state index in [4.69, 9.17) is 23.2 Å². The molecule has 1 aromatic heterocycles. The van der Waals surface area contributed by atoms with Crippen molar-refractivity contribution in [2.45, 2.75) is 13.0 Å². The zero-order valence-corrected chi connectivity index (χ0v) is 11.7. The van der Waals surface area contributed by atoms with E-state index in [-0.39, 0.29) is 11.9 Å². The number of carbonyl (C=O) groups excluding carboxylic acids is 1. The molecule has 1 heterocycles. The highest BCUT2D eigenvalue weighted by Crippen LogP contribution is 2.24. The molecule has 19 heavy (non-hydrogen) atoms. The number of halogens is 2. The third-order valence-corrected chi connectivity index (χ3v) is 3.37. The van der Waals surface area contributed by atoms with Crippen LogP contribution in [0.4, 0.5) is 0 Å². The Morgan fingerprint density at radius 1 is 1.16 bits per heavy atom. The number of nitrogens with zero attached hydrogens (tertiary/aromatic N) is 1. The van der Waals surface area contributed by atoms with E-state index >= 15 is 0 Å². The zero-order valence-electron chi connectivity index (χ0n) is 10.2. The summed E-state index contributed by atoms with van der Waals surface area (Å²) in [6.45, 7) is 1.89. The van der Waals surface area contributed by atoms with Gasteiger partial charge in [0, 0.05) is 12.4 Å². The van der Waals surface area contributed by atoms with Crippen LogP contribution in [-0.2, 0) is 0 Å². The Hall–Kier alpha value is -1.58. The molecule has 1 unspecified atom stereocenters. The summed E-state index contributed by atoms with van der Waals surface area (Å²) in [5.41, 5.74) is 1.26. The lowest BCUT2D eigenvalue weighted by molar-refractivity contribution is 0.0940. The van der Waals surface area contributed by atoms with E-state index in [1.165, 1.54) is 0 Å². The summed E-state index contributed by atoms with van der Waals surface area (Å²) in [4.78, 5) is 16.1. The fourth-order valence-corrected chi connectivity index (χ4v) is 2.29. The Morgan fingerprint density at radius 2 is 1.74 bits per heavy atom. The van der Waals surface area contributed by atoms with Gasteiger partial charge in [0.25, 0.3) is 5.91 Å². The number of hydrogen-bond acceptors (Lipinski definition) is 2. The van der Waals surface area contributed by atoms with E-state index in [9.17, 15) is 4.79 Å². The third kappa shape index (κ3) is 3.25. The van der Waals surface area contributed by atoms with Crippen molar-refractivity contribution in [1.29, 1.82) is 0 Å². The molecule has 0 fully saturated rings. The molecule has 0 saturated heterocycles. The van der Waals surface area contributed by atoms with Crippen molar-refractivity contribution in [3.63, 3.8) is 0 Å². The maximum absolute atomic E-state index is 12.2. The van der Waals surface area contributed by atoms with Crippen LogP contribution >= 0.6 is 23.2 Å². The van der Waals surface area contributed by atoms with Gasteiger partial charge in [-0.05, 0) is 36.8 Å². The standard InChI is InChI=1S/C14H12Cl2N2O/c1-9(10-5-7-17-8-6-10)18-14(19)13-11(15)3-2-4-12(13)16/h2-9H,1H3,(H,18,19). The van der Waals surface area contributed by atoms with Gasteiger partial charge in [0.15, 0.2) is 0 Å².